The van der Waals surface area contributed by atoms with Crippen LogP contribution in [0.3, 0.4) is 0 Å². The second kappa shape index (κ2) is 4.52. The molecule has 0 radical (unpaired) electrons. The minimum atomic E-state index is -0.468. The maximum atomic E-state index is 12.1. The molecule has 0 aromatic heterocycles. The van der Waals surface area contributed by atoms with Crippen LogP contribution in [-0.4, -0.2) is 42.9 Å². The first-order valence-corrected chi connectivity index (χ1v) is 7.14. The van der Waals surface area contributed by atoms with Gasteiger partial charge in [-0.1, -0.05) is 11.6 Å². The molecule has 0 aromatic carbocycles. The molecule has 0 amide bonds. The molecule has 1 spiro atoms. The summed E-state index contributed by atoms with van der Waals surface area (Å²) in [5, 5.41) is 0. The van der Waals surface area contributed by atoms with E-state index >= 15 is 0 Å². The Balaban J connectivity index is 1.83. The van der Waals surface area contributed by atoms with Gasteiger partial charge in [0, 0.05) is 7.11 Å². The zero-order valence-corrected chi connectivity index (χ0v) is 12.5. The predicted octanol–water partition coefficient (Wildman–Crippen LogP) is 2.04. The monoisotopic (exact) mass is 278 g/mol. The summed E-state index contributed by atoms with van der Waals surface area (Å²) in [6, 6.07) is 0. The highest BCUT2D eigenvalue weighted by Crippen LogP contribution is 2.57. The van der Waals surface area contributed by atoms with Gasteiger partial charge in [-0.25, -0.2) is 0 Å². The molecule has 20 heavy (non-hydrogen) atoms. The maximum absolute atomic E-state index is 12.1. The average Bonchev–Trinajstić information content (AvgIpc) is 3.29. The Labute approximate surface area is 119 Å². The lowest BCUT2D eigenvalue weighted by molar-refractivity contribution is -0.132. The van der Waals surface area contributed by atoms with Crippen molar-refractivity contribution in [3.05, 3.63) is 23.8 Å². The van der Waals surface area contributed by atoms with Crippen molar-refractivity contribution in [1.82, 2.24) is 0 Å². The zero-order chi connectivity index (χ0) is 14.5. The summed E-state index contributed by atoms with van der Waals surface area (Å²) >= 11 is 0. The van der Waals surface area contributed by atoms with Crippen LogP contribution in [0, 0.1) is 5.92 Å². The van der Waals surface area contributed by atoms with Crippen molar-refractivity contribution in [2.24, 2.45) is 5.92 Å². The molecule has 0 aromatic rings. The molecule has 110 valence electrons. The molecule has 0 N–H and O–H groups in total. The molecule has 2 saturated heterocycles. The molecule has 4 nitrogen and oxygen atoms in total. The first kappa shape index (κ1) is 14.0. The van der Waals surface area contributed by atoms with Gasteiger partial charge in [0.2, 0.25) is 0 Å². The van der Waals surface area contributed by atoms with Gasteiger partial charge in [-0.3, -0.25) is 4.79 Å². The van der Waals surface area contributed by atoms with Crippen molar-refractivity contribution in [1.29, 1.82) is 0 Å². The normalized spacial score (nSPS) is 45.6. The number of ether oxygens (including phenoxy) is 3. The van der Waals surface area contributed by atoms with Crippen LogP contribution in [0.15, 0.2) is 23.8 Å². The van der Waals surface area contributed by atoms with E-state index in [1.807, 2.05) is 6.08 Å². The van der Waals surface area contributed by atoms with E-state index in [9.17, 15) is 4.79 Å². The number of carbonyl (C=O) groups excluding carboxylic acids is 1. The van der Waals surface area contributed by atoms with Crippen molar-refractivity contribution >= 4 is 5.78 Å². The largest absolute Gasteiger partial charge is 0.373 e. The van der Waals surface area contributed by atoms with Gasteiger partial charge in [0.1, 0.15) is 17.3 Å². The second-order valence-electron chi connectivity index (χ2n) is 6.42. The number of rotatable bonds is 4. The minimum absolute atomic E-state index is 0.0105. The third-order valence-corrected chi connectivity index (χ3v) is 4.71. The molecule has 0 unspecified atom stereocenters. The fraction of sp³-hybridized carbons (Fsp3) is 0.688. The summed E-state index contributed by atoms with van der Waals surface area (Å²) in [6.07, 6.45) is 6.21. The Kier molecular flexibility index (Phi) is 3.16. The Morgan fingerprint density at radius 2 is 2.25 bits per heavy atom. The number of methoxy groups -OCH3 is 1. The molecule has 5 atom stereocenters. The number of allylic oxidation sites excluding steroid dienone is 1. The number of carbonyl (C=O) groups is 1. The molecule has 3 rings (SSSR count). The van der Waals surface area contributed by atoms with Gasteiger partial charge < -0.3 is 14.2 Å². The van der Waals surface area contributed by atoms with Crippen LogP contribution in [0.4, 0.5) is 0 Å². The Bertz CT molecular complexity index is 485. The predicted molar refractivity (Wildman–Crippen MR) is 74.4 cm³/mol. The molecule has 1 aliphatic carbocycles. The van der Waals surface area contributed by atoms with Gasteiger partial charge >= 0.3 is 0 Å². The zero-order valence-electron chi connectivity index (χ0n) is 12.5. The number of hydrogen-bond donors (Lipinski definition) is 0. The third-order valence-electron chi connectivity index (χ3n) is 4.71. The Morgan fingerprint density at radius 1 is 1.55 bits per heavy atom. The van der Waals surface area contributed by atoms with E-state index in [1.54, 1.807) is 13.2 Å². The SMILES string of the molecule is CO[C@@H]1C(=O)C=C[C@]2(CO2)[C@H]1[C@]1(C)O[C@@H]1CC=C(C)C. The lowest BCUT2D eigenvalue weighted by Gasteiger charge is -2.34. The number of ketones is 1. The van der Waals surface area contributed by atoms with Crippen LogP contribution < -0.4 is 0 Å². The van der Waals surface area contributed by atoms with E-state index in [-0.39, 0.29) is 29.0 Å². The van der Waals surface area contributed by atoms with Crippen molar-refractivity contribution in [3.8, 4) is 0 Å². The molecule has 0 bridgehead atoms. The van der Waals surface area contributed by atoms with Gasteiger partial charge in [0.15, 0.2) is 5.78 Å². The summed E-state index contributed by atoms with van der Waals surface area (Å²) in [7, 11) is 1.58. The molecule has 0 saturated carbocycles. The third kappa shape index (κ3) is 2.07. The Morgan fingerprint density at radius 3 is 2.80 bits per heavy atom. The lowest BCUT2D eigenvalue weighted by Crippen LogP contribution is -2.50. The van der Waals surface area contributed by atoms with E-state index in [4.69, 9.17) is 14.2 Å². The van der Waals surface area contributed by atoms with E-state index in [0.717, 1.165) is 6.42 Å². The van der Waals surface area contributed by atoms with Crippen LogP contribution >= 0.6 is 0 Å². The molecule has 2 fully saturated rings. The summed E-state index contributed by atoms with van der Waals surface area (Å²) in [5.74, 6) is -0.0515. The smallest absolute Gasteiger partial charge is 0.184 e. The van der Waals surface area contributed by atoms with Crippen molar-refractivity contribution in [2.45, 2.75) is 50.6 Å². The van der Waals surface area contributed by atoms with Gasteiger partial charge in [0.05, 0.1) is 18.6 Å². The van der Waals surface area contributed by atoms with Gasteiger partial charge in [-0.05, 0) is 39.3 Å². The number of epoxide rings is 2. The minimum Gasteiger partial charge on any atom is -0.373 e. The fourth-order valence-corrected chi connectivity index (χ4v) is 3.41. The van der Waals surface area contributed by atoms with E-state index in [1.165, 1.54) is 5.57 Å². The lowest BCUT2D eigenvalue weighted by atomic mass is 9.72. The van der Waals surface area contributed by atoms with Crippen LogP contribution in [-0.2, 0) is 19.0 Å². The topological polar surface area (TPSA) is 51.4 Å². The van der Waals surface area contributed by atoms with E-state index < -0.39 is 6.10 Å². The maximum Gasteiger partial charge on any atom is 0.184 e. The van der Waals surface area contributed by atoms with Crippen LogP contribution in [0.25, 0.3) is 0 Å². The highest BCUT2D eigenvalue weighted by atomic mass is 16.6. The van der Waals surface area contributed by atoms with E-state index in [2.05, 4.69) is 26.8 Å². The van der Waals surface area contributed by atoms with Crippen molar-refractivity contribution in [3.63, 3.8) is 0 Å². The second-order valence-corrected chi connectivity index (χ2v) is 6.42. The summed E-state index contributed by atoms with van der Waals surface area (Å²) in [4.78, 5) is 12.1. The standard InChI is InChI=1S/C16H22O4/c1-10(2)5-6-12-15(3,20-12)14-13(18-4)11(17)7-8-16(14)9-19-16/h5,7-8,12-14H,6,9H2,1-4H3/t12-,13-,14-,15-,16+/m1/s1. The van der Waals surface area contributed by atoms with Gasteiger partial charge in [-0.2, -0.15) is 0 Å². The van der Waals surface area contributed by atoms with Crippen LogP contribution in [0.2, 0.25) is 0 Å². The highest BCUT2D eigenvalue weighted by molar-refractivity contribution is 5.95. The molecular weight excluding hydrogens is 256 g/mol. The van der Waals surface area contributed by atoms with E-state index in [0.29, 0.717) is 6.61 Å². The molecule has 2 heterocycles. The van der Waals surface area contributed by atoms with Gasteiger partial charge in [0.25, 0.3) is 0 Å². The Hall–Kier alpha value is -0.970. The van der Waals surface area contributed by atoms with Crippen molar-refractivity contribution in [2.75, 3.05) is 13.7 Å². The average molecular weight is 278 g/mol. The first-order chi connectivity index (χ1) is 9.43. The fourth-order valence-electron chi connectivity index (χ4n) is 3.41. The van der Waals surface area contributed by atoms with Crippen LogP contribution in [0.1, 0.15) is 27.2 Å². The summed E-state index contributed by atoms with van der Waals surface area (Å²) < 4.78 is 17.1. The number of hydrogen-bond acceptors (Lipinski definition) is 4. The summed E-state index contributed by atoms with van der Waals surface area (Å²) in [5.41, 5.74) is 0.579. The molecular formula is C16H22O4. The molecule has 3 aliphatic rings. The molecule has 4 heteroatoms. The van der Waals surface area contributed by atoms with Gasteiger partial charge in [-0.15, -0.1) is 0 Å². The first-order valence-electron chi connectivity index (χ1n) is 7.14. The summed E-state index contributed by atoms with van der Waals surface area (Å²) in [6.45, 7) is 6.88. The molecule has 2 aliphatic heterocycles. The van der Waals surface area contributed by atoms with Crippen LogP contribution in [0.5, 0.6) is 0 Å². The highest BCUT2D eigenvalue weighted by Gasteiger charge is 2.70. The quantitative estimate of drug-likeness (QED) is 0.583. The van der Waals surface area contributed by atoms with Crippen molar-refractivity contribution < 1.29 is 19.0 Å².